The number of phenols is 1. The molecule has 20 heavy (non-hydrogen) atoms. The van der Waals surface area contributed by atoms with Crippen molar-refractivity contribution in [1.82, 2.24) is 0 Å². The molecule has 3 nitrogen and oxygen atoms in total. The smallest absolute Gasteiger partial charge is 0.193 e. The number of hydrogen-bond donors (Lipinski definition) is 1. The van der Waals surface area contributed by atoms with Gasteiger partial charge in [-0.2, -0.15) is 0 Å². The van der Waals surface area contributed by atoms with E-state index in [4.69, 9.17) is 16.0 Å². The molecule has 5 heteroatoms. The van der Waals surface area contributed by atoms with Gasteiger partial charge in [0, 0.05) is 12.1 Å². The number of rotatable bonds is 1. The Morgan fingerprint density at radius 1 is 1.15 bits per heavy atom. The fourth-order valence-corrected chi connectivity index (χ4v) is 2.19. The second-order valence-electron chi connectivity index (χ2n) is 4.26. The minimum absolute atomic E-state index is 0.0631. The van der Waals surface area contributed by atoms with Gasteiger partial charge in [-0.3, -0.25) is 4.79 Å². The van der Waals surface area contributed by atoms with Gasteiger partial charge in [0.05, 0.1) is 16.0 Å². The van der Waals surface area contributed by atoms with Gasteiger partial charge in [-0.25, -0.2) is 4.39 Å². The SMILES string of the molecule is O=c1cc(-c2ccc(O)cc2F)oc2c(Cl)cccc12. The quantitative estimate of drug-likeness (QED) is 0.738. The lowest BCUT2D eigenvalue weighted by atomic mass is 10.1. The number of aromatic hydroxyl groups is 1. The monoisotopic (exact) mass is 290 g/mol. The molecule has 0 saturated heterocycles. The maximum absolute atomic E-state index is 13.8. The Labute approximate surface area is 117 Å². The van der Waals surface area contributed by atoms with Crippen molar-refractivity contribution in [2.75, 3.05) is 0 Å². The van der Waals surface area contributed by atoms with Crippen molar-refractivity contribution in [1.29, 1.82) is 0 Å². The van der Waals surface area contributed by atoms with Gasteiger partial charge < -0.3 is 9.52 Å². The van der Waals surface area contributed by atoms with Crippen LogP contribution in [-0.2, 0) is 0 Å². The molecule has 2 aromatic carbocycles. The van der Waals surface area contributed by atoms with Crippen molar-refractivity contribution in [3.8, 4) is 17.1 Å². The second kappa shape index (κ2) is 4.65. The highest BCUT2D eigenvalue weighted by molar-refractivity contribution is 6.34. The molecule has 100 valence electrons. The standard InChI is InChI=1S/C15H8ClFO3/c16-11-3-1-2-10-13(19)7-14(20-15(10)11)9-5-4-8(18)6-12(9)17/h1-7,18H. The molecular weight excluding hydrogens is 283 g/mol. The molecule has 0 aliphatic heterocycles. The van der Waals surface area contributed by atoms with Crippen molar-refractivity contribution >= 4 is 22.6 Å². The van der Waals surface area contributed by atoms with Gasteiger partial charge in [0.2, 0.25) is 0 Å². The van der Waals surface area contributed by atoms with Gasteiger partial charge in [-0.1, -0.05) is 17.7 Å². The van der Waals surface area contributed by atoms with Crippen LogP contribution in [0.5, 0.6) is 5.75 Å². The Kier molecular flexibility index (Phi) is 2.95. The predicted octanol–water partition coefficient (Wildman–Crippen LogP) is 3.96. The van der Waals surface area contributed by atoms with E-state index in [9.17, 15) is 14.3 Å². The first-order valence-corrected chi connectivity index (χ1v) is 6.15. The number of para-hydroxylation sites is 1. The summed E-state index contributed by atoms with van der Waals surface area (Å²) in [4.78, 5) is 12.0. The highest BCUT2D eigenvalue weighted by atomic mass is 35.5. The van der Waals surface area contributed by atoms with Crippen LogP contribution >= 0.6 is 11.6 Å². The van der Waals surface area contributed by atoms with Crippen LogP contribution in [0.4, 0.5) is 4.39 Å². The van der Waals surface area contributed by atoms with E-state index in [0.717, 1.165) is 6.07 Å². The number of fused-ring (bicyclic) bond motifs is 1. The summed E-state index contributed by atoms with van der Waals surface area (Å²) in [7, 11) is 0. The summed E-state index contributed by atoms with van der Waals surface area (Å²) in [6, 6.07) is 9.62. The van der Waals surface area contributed by atoms with E-state index in [0.29, 0.717) is 5.39 Å². The minimum atomic E-state index is -0.681. The fourth-order valence-electron chi connectivity index (χ4n) is 1.98. The van der Waals surface area contributed by atoms with Crippen LogP contribution in [0.15, 0.2) is 51.7 Å². The normalized spacial score (nSPS) is 10.9. The van der Waals surface area contributed by atoms with E-state index in [-0.39, 0.29) is 33.1 Å². The molecule has 0 unspecified atom stereocenters. The molecule has 0 bridgehead atoms. The third-order valence-electron chi connectivity index (χ3n) is 2.92. The third kappa shape index (κ3) is 2.04. The molecule has 1 aromatic heterocycles. The topological polar surface area (TPSA) is 50.4 Å². The lowest BCUT2D eigenvalue weighted by molar-refractivity contribution is 0.469. The van der Waals surface area contributed by atoms with E-state index in [1.807, 2.05) is 0 Å². The zero-order chi connectivity index (χ0) is 14.3. The molecule has 0 spiro atoms. The molecule has 0 amide bonds. The van der Waals surface area contributed by atoms with Crippen molar-refractivity contribution in [3.05, 3.63) is 63.5 Å². The largest absolute Gasteiger partial charge is 0.508 e. The minimum Gasteiger partial charge on any atom is -0.508 e. The van der Waals surface area contributed by atoms with Gasteiger partial charge in [0.15, 0.2) is 11.0 Å². The molecule has 0 atom stereocenters. The summed E-state index contributed by atoms with van der Waals surface area (Å²) in [6.45, 7) is 0. The summed E-state index contributed by atoms with van der Waals surface area (Å²) in [5, 5.41) is 9.81. The number of benzene rings is 2. The van der Waals surface area contributed by atoms with Gasteiger partial charge in [0.25, 0.3) is 0 Å². The lowest BCUT2D eigenvalue weighted by Crippen LogP contribution is -2.01. The van der Waals surface area contributed by atoms with Crippen LogP contribution < -0.4 is 5.43 Å². The maximum atomic E-state index is 13.8. The average Bonchev–Trinajstić information content (AvgIpc) is 2.40. The Bertz CT molecular complexity index is 871. The van der Waals surface area contributed by atoms with Gasteiger partial charge >= 0.3 is 0 Å². The Morgan fingerprint density at radius 3 is 2.70 bits per heavy atom. The van der Waals surface area contributed by atoms with E-state index < -0.39 is 5.82 Å². The van der Waals surface area contributed by atoms with Crippen molar-refractivity contribution in [2.24, 2.45) is 0 Å². The Morgan fingerprint density at radius 2 is 1.95 bits per heavy atom. The van der Waals surface area contributed by atoms with E-state index >= 15 is 0 Å². The summed E-state index contributed by atoms with van der Waals surface area (Å²) in [5.41, 5.74) is -0.0120. The summed E-state index contributed by atoms with van der Waals surface area (Å²) in [6.07, 6.45) is 0. The van der Waals surface area contributed by atoms with Gasteiger partial charge in [-0.15, -0.1) is 0 Å². The summed E-state index contributed by atoms with van der Waals surface area (Å²) >= 11 is 5.99. The van der Waals surface area contributed by atoms with Gasteiger partial charge in [-0.05, 0) is 24.3 Å². The van der Waals surface area contributed by atoms with Crippen LogP contribution in [0.25, 0.3) is 22.3 Å². The molecule has 0 aliphatic carbocycles. The fraction of sp³-hybridized carbons (Fsp3) is 0. The molecule has 1 N–H and O–H groups in total. The van der Waals surface area contributed by atoms with E-state index in [1.54, 1.807) is 18.2 Å². The zero-order valence-electron chi connectivity index (χ0n) is 10.1. The first kappa shape index (κ1) is 12.7. The Balaban J connectivity index is 2.32. The number of halogens is 2. The molecule has 3 rings (SSSR count). The van der Waals surface area contributed by atoms with Crippen LogP contribution in [0.3, 0.4) is 0 Å². The third-order valence-corrected chi connectivity index (χ3v) is 3.22. The maximum Gasteiger partial charge on any atom is 0.193 e. The average molecular weight is 291 g/mol. The molecule has 0 radical (unpaired) electrons. The van der Waals surface area contributed by atoms with Crippen LogP contribution in [0, 0.1) is 5.82 Å². The second-order valence-corrected chi connectivity index (χ2v) is 4.66. The van der Waals surface area contributed by atoms with Crippen LogP contribution in [0.1, 0.15) is 0 Å². The van der Waals surface area contributed by atoms with E-state index in [1.165, 1.54) is 18.2 Å². The van der Waals surface area contributed by atoms with Crippen molar-refractivity contribution < 1.29 is 13.9 Å². The molecule has 3 aromatic rings. The molecule has 0 saturated carbocycles. The summed E-state index contributed by atoms with van der Waals surface area (Å²) < 4.78 is 19.3. The van der Waals surface area contributed by atoms with Crippen molar-refractivity contribution in [2.45, 2.75) is 0 Å². The van der Waals surface area contributed by atoms with Crippen LogP contribution in [0.2, 0.25) is 5.02 Å². The first-order valence-electron chi connectivity index (χ1n) is 5.77. The predicted molar refractivity (Wildman–Crippen MR) is 74.6 cm³/mol. The van der Waals surface area contributed by atoms with Crippen LogP contribution in [-0.4, -0.2) is 5.11 Å². The van der Waals surface area contributed by atoms with Gasteiger partial charge in [0.1, 0.15) is 17.3 Å². The first-order chi connectivity index (χ1) is 9.56. The highest BCUT2D eigenvalue weighted by Crippen LogP contribution is 2.29. The molecule has 0 fully saturated rings. The molecule has 1 heterocycles. The molecule has 0 aliphatic rings. The number of phenolic OH excluding ortho intramolecular Hbond substituents is 1. The molecular formula is C15H8ClFO3. The van der Waals surface area contributed by atoms with Crippen molar-refractivity contribution in [3.63, 3.8) is 0 Å². The number of hydrogen-bond acceptors (Lipinski definition) is 3. The highest BCUT2D eigenvalue weighted by Gasteiger charge is 2.13. The van der Waals surface area contributed by atoms with E-state index in [2.05, 4.69) is 0 Å². The lowest BCUT2D eigenvalue weighted by Gasteiger charge is -2.05. The Hall–Kier alpha value is -2.33. The zero-order valence-corrected chi connectivity index (χ0v) is 10.8. The summed E-state index contributed by atoms with van der Waals surface area (Å²) in [5.74, 6) is -0.819.